The zero-order chi connectivity index (χ0) is 14.5. The topological polar surface area (TPSA) is 38.5 Å². The first kappa shape index (κ1) is 15.3. The first-order chi connectivity index (χ1) is 9.65. The van der Waals surface area contributed by atoms with E-state index in [1.54, 1.807) is 19.2 Å². The van der Waals surface area contributed by atoms with Crippen molar-refractivity contribution >= 4 is 0 Å². The van der Waals surface area contributed by atoms with Gasteiger partial charge in [0, 0.05) is 18.2 Å². The molecule has 112 valence electrons. The van der Waals surface area contributed by atoms with Crippen LogP contribution in [0.2, 0.25) is 0 Å². The lowest BCUT2D eigenvalue weighted by molar-refractivity contribution is 0.264. The molecule has 1 fully saturated rings. The van der Waals surface area contributed by atoms with Gasteiger partial charge in [0.05, 0.1) is 7.11 Å². The first-order valence-electron chi connectivity index (χ1n) is 7.46. The van der Waals surface area contributed by atoms with Crippen molar-refractivity contribution in [3.63, 3.8) is 0 Å². The highest BCUT2D eigenvalue weighted by atomic mass is 19.1. The van der Waals surface area contributed by atoms with Crippen molar-refractivity contribution in [3.8, 4) is 5.75 Å². The minimum atomic E-state index is -0.320. The zero-order valence-electron chi connectivity index (χ0n) is 12.4. The number of nitrogens with two attached hydrogens (primary N) is 1. The molecule has 0 radical (unpaired) electrons. The SMILES string of the molecule is CCN(CCC(N)c1c(F)cccc1OC)CC1CC1. The highest BCUT2D eigenvalue weighted by Gasteiger charge is 2.24. The van der Waals surface area contributed by atoms with E-state index in [0.29, 0.717) is 11.3 Å². The van der Waals surface area contributed by atoms with Crippen LogP contribution in [-0.2, 0) is 0 Å². The number of hydrogen-bond acceptors (Lipinski definition) is 3. The van der Waals surface area contributed by atoms with Gasteiger partial charge >= 0.3 is 0 Å². The van der Waals surface area contributed by atoms with Gasteiger partial charge in [-0.25, -0.2) is 4.39 Å². The molecule has 0 amide bonds. The quantitative estimate of drug-likeness (QED) is 0.795. The summed E-state index contributed by atoms with van der Waals surface area (Å²) in [4.78, 5) is 2.41. The fraction of sp³-hybridized carbons (Fsp3) is 0.625. The summed E-state index contributed by atoms with van der Waals surface area (Å²) in [6, 6.07) is 4.54. The standard InChI is InChI=1S/C16H25FN2O/c1-3-19(11-12-7-8-12)10-9-14(18)16-13(17)5-4-6-15(16)20-2/h4-6,12,14H,3,7-11,18H2,1-2H3. The molecule has 1 aliphatic rings. The maximum Gasteiger partial charge on any atom is 0.131 e. The van der Waals surface area contributed by atoms with Crippen LogP contribution in [0.1, 0.15) is 37.8 Å². The molecule has 1 aromatic carbocycles. The van der Waals surface area contributed by atoms with Crippen molar-refractivity contribution in [3.05, 3.63) is 29.6 Å². The molecule has 1 aliphatic carbocycles. The summed E-state index contributed by atoms with van der Waals surface area (Å²) in [5, 5.41) is 0. The van der Waals surface area contributed by atoms with Gasteiger partial charge in [-0.3, -0.25) is 0 Å². The molecule has 1 atom stereocenters. The van der Waals surface area contributed by atoms with Gasteiger partial charge in [0.25, 0.3) is 0 Å². The van der Waals surface area contributed by atoms with E-state index in [0.717, 1.165) is 32.0 Å². The number of ether oxygens (including phenoxy) is 1. The third-order valence-electron chi connectivity index (χ3n) is 4.02. The summed E-state index contributed by atoms with van der Waals surface area (Å²) in [7, 11) is 1.55. The number of methoxy groups -OCH3 is 1. The average Bonchev–Trinajstić information content (AvgIpc) is 3.26. The summed E-state index contributed by atoms with van der Waals surface area (Å²) in [5.74, 6) is 1.14. The molecule has 2 N–H and O–H groups in total. The number of hydrogen-bond donors (Lipinski definition) is 1. The van der Waals surface area contributed by atoms with E-state index < -0.39 is 0 Å². The van der Waals surface area contributed by atoms with Gasteiger partial charge in [0.15, 0.2) is 0 Å². The fourth-order valence-electron chi connectivity index (χ4n) is 2.57. The third-order valence-corrected chi connectivity index (χ3v) is 4.02. The summed E-state index contributed by atoms with van der Waals surface area (Å²) in [6.07, 6.45) is 3.45. The monoisotopic (exact) mass is 280 g/mol. The highest BCUT2D eigenvalue weighted by molar-refractivity contribution is 5.37. The lowest BCUT2D eigenvalue weighted by Gasteiger charge is -2.23. The highest BCUT2D eigenvalue weighted by Crippen LogP contribution is 2.31. The fourth-order valence-corrected chi connectivity index (χ4v) is 2.57. The maximum atomic E-state index is 13.9. The van der Waals surface area contributed by atoms with Crippen LogP contribution in [0.5, 0.6) is 5.75 Å². The molecule has 0 aliphatic heterocycles. The van der Waals surface area contributed by atoms with Gasteiger partial charge in [0.2, 0.25) is 0 Å². The zero-order valence-corrected chi connectivity index (χ0v) is 12.4. The van der Waals surface area contributed by atoms with E-state index in [1.807, 2.05) is 0 Å². The smallest absolute Gasteiger partial charge is 0.131 e. The van der Waals surface area contributed by atoms with Gasteiger partial charge < -0.3 is 15.4 Å². The Kier molecular flexibility index (Phi) is 5.38. The average molecular weight is 280 g/mol. The first-order valence-corrected chi connectivity index (χ1v) is 7.46. The van der Waals surface area contributed by atoms with Crippen molar-refractivity contribution in [2.24, 2.45) is 11.7 Å². The Morgan fingerprint density at radius 1 is 1.45 bits per heavy atom. The molecule has 20 heavy (non-hydrogen) atoms. The second-order valence-corrected chi connectivity index (χ2v) is 5.59. The van der Waals surface area contributed by atoms with Crippen LogP contribution in [0.15, 0.2) is 18.2 Å². The third kappa shape index (κ3) is 3.93. The van der Waals surface area contributed by atoms with Crippen LogP contribution in [-0.4, -0.2) is 31.6 Å². The second-order valence-electron chi connectivity index (χ2n) is 5.59. The van der Waals surface area contributed by atoms with Crippen LogP contribution >= 0.6 is 0 Å². The van der Waals surface area contributed by atoms with E-state index >= 15 is 0 Å². The van der Waals surface area contributed by atoms with Gasteiger partial charge in [-0.15, -0.1) is 0 Å². The molecule has 0 bridgehead atoms. The predicted octanol–water partition coefficient (Wildman–Crippen LogP) is 2.96. The number of rotatable bonds is 8. The van der Waals surface area contributed by atoms with Crippen molar-refractivity contribution in [1.82, 2.24) is 4.90 Å². The number of benzene rings is 1. The van der Waals surface area contributed by atoms with Crippen LogP contribution in [0.3, 0.4) is 0 Å². The van der Waals surface area contributed by atoms with Gasteiger partial charge in [-0.2, -0.15) is 0 Å². The van der Waals surface area contributed by atoms with Crippen LogP contribution < -0.4 is 10.5 Å². The summed E-state index contributed by atoms with van der Waals surface area (Å²) in [6.45, 7) is 5.25. The predicted molar refractivity (Wildman–Crippen MR) is 79.3 cm³/mol. The molecule has 1 saturated carbocycles. The van der Waals surface area contributed by atoms with Crippen molar-refractivity contribution in [1.29, 1.82) is 0 Å². The van der Waals surface area contributed by atoms with E-state index in [2.05, 4.69) is 11.8 Å². The lowest BCUT2D eigenvalue weighted by atomic mass is 10.0. The van der Waals surface area contributed by atoms with E-state index in [-0.39, 0.29) is 11.9 Å². The van der Waals surface area contributed by atoms with Crippen LogP contribution in [0.25, 0.3) is 0 Å². The molecule has 0 heterocycles. The molecule has 1 aromatic rings. The Hall–Kier alpha value is -1.13. The molecule has 0 spiro atoms. The summed E-state index contributed by atoms with van der Waals surface area (Å²) in [5.41, 5.74) is 6.67. The number of halogens is 1. The van der Waals surface area contributed by atoms with E-state index in [4.69, 9.17) is 10.5 Å². The Balaban J connectivity index is 1.94. The van der Waals surface area contributed by atoms with Crippen molar-refractivity contribution < 1.29 is 9.13 Å². The largest absolute Gasteiger partial charge is 0.496 e. The summed E-state index contributed by atoms with van der Waals surface area (Å²) >= 11 is 0. The Bertz CT molecular complexity index is 434. The minimum Gasteiger partial charge on any atom is -0.496 e. The molecule has 4 heteroatoms. The maximum absolute atomic E-state index is 13.9. The minimum absolute atomic E-state index is 0.276. The van der Waals surface area contributed by atoms with Gasteiger partial charge in [-0.05, 0) is 50.4 Å². The molecular formula is C16H25FN2O. The van der Waals surface area contributed by atoms with Gasteiger partial charge in [-0.1, -0.05) is 13.0 Å². The van der Waals surface area contributed by atoms with E-state index in [1.165, 1.54) is 18.9 Å². The molecule has 0 aromatic heterocycles. The van der Waals surface area contributed by atoms with Crippen molar-refractivity contribution in [2.45, 2.75) is 32.2 Å². The van der Waals surface area contributed by atoms with Crippen molar-refractivity contribution in [2.75, 3.05) is 26.7 Å². The molecule has 2 rings (SSSR count). The van der Waals surface area contributed by atoms with Gasteiger partial charge in [0.1, 0.15) is 11.6 Å². The molecule has 1 unspecified atom stereocenters. The Morgan fingerprint density at radius 3 is 2.80 bits per heavy atom. The molecule has 3 nitrogen and oxygen atoms in total. The Labute approximate surface area is 120 Å². The normalized spacial score (nSPS) is 16.4. The molecule has 0 saturated heterocycles. The van der Waals surface area contributed by atoms with Crippen LogP contribution in [0, 0.1) is 11.7 Å². The van der Waals surface area contributed by atoms with Crippen LogP contribution in [0.4, 0.5) is 4.39 Å². The Morgan fingerprint density at radius 2 is 2.20 bits per heavy atom. The number of nitrogens with zero attached hydrogens (tertiary/aromatic N) is 1. The molecular weight excluding hydrogens is 255 g/mol. The second kappa shape index (κ2) is 7.04. The van der Waals surface area contributed by atoms with E-state index in [9.17, 15) is 4.39 Å². The lowest BCUT2D eigenvalue weighted by Crippen LogP contribution is -2.29. The summed E-state index contributed by atoms with van der Waals surface area (Å²) < 4.78 is 19.2.